The van der Waals surface area contributed by atoms with Gasteiger partial charge in [-0.05, 0) is 68.5 Å². The third-order valence-electron chi connectivity index (χ3n) is 8.28. The second-order valence-corrected chi connectivity index (χ2v) is 10.9. The quantitative estimate of drug-likeness (QED) is 0.240. The zero-order chi connectivity index (χ0) is 26.2. The molecule has 0 unspecified atom stereocenters. The molecule has 1 aromatic carbocycles. The number of rotatable bonds is 5. The maximum Gasteiger partial charge on any atom is 0.227 e. The Kier molecular flexibility index (Phi) is 6.23. The minimum Gasteiger partial charge on any atom is -0.371 e. The summed E-state index contributed by atoms with van der Waals surface area (Å²) in [5.74, 6) is 0.189. The molecule has 1 saturated heterocycles. The summed E-state index contributed by atoms with van der Waals surface area (Å²) in [4.78, 5) is 28.3. The van der Waals surface area contributed by atoms with Crippen LogP contribution in [0.2, 0.25) is 0 Å². The molecule has 2 aliphatic rings. The Balaban J connectivity index is 1.20. The number of carbonyl (C=O) groups excluding carboxylic acids is 1. The molecular weight excluding hydrogens is 486 g/mol. The highest BCUT2D eigenvalue weighted by atomic mass is 16.1. The van der Waals surface area contributed by atoms with Crippen LogP contribution in [0, 0.1) is 5.92 Å². The van der Waals surface area contributed by atoms with E-state index in [0.717, 1.165) is 78.0 Å². The lowest BCUT2D eigenvalue weighted by molar-refractivity contribution is -0.120. The van der Waals surface area contributed by atoms with Crippen LogP contribution in [0.15, 0.2) is 54.9 Å². The topological polar surface area (TPSA) is 103 Å². The van der Waals surface area contributed by atoms with Gasteiger partial charge in [-0.15, -0.1) is 0 Å². The van der Waals surface area contributed by atoms with Crippen LogP contribution in [-0.2, 0) is 4.79 Å². The standard InChI is InChI=1S/C31H33N7O/c39-31(20-8-3-1-4-9-20)33-22-16-21(18-32-19-22)24-12-13-26-29(35-24)30(37-36-26)27-17-23-25(34-27)10-7-11-28(23)38-14-5-2-6-15-38/h7,10-13,16-20,34H,1-6,8-9,14-15H2,(H,33,39)(H,36,37). The number of fused-ring (bicyclic) bond motifs is 2. The van der Waals surface area contributed by atoms with Gasteiger partial charge in [-0.3, -0.25) is 14.9 Å². The van der Waals surface area contributed by atoms with Gasteiger partial charge in [0.2, 0.25) is 5.91 Å². The molecule has 0 spiro atoms. The molecule has 0 atom stereocenters. The fourth-order valence-corrected chi connectivity index (χ4v) is 6.18. The van der Waals surface area contributed by atoms with Crippen LogP contribution in [0.5, 0.6) is 0 Å². The van der Waals surface area contributed by atoms with Crippen molar-refractivity contribution in [3.63, 3.8) is 0 Å². The molecule has 1 aliphatic carbocycles. The average Bonchev–Trinajstić information content (AvgIpc) is 3.62. The minimum atomic E-state index is 0.0944. The number of H-pyrrole nitrogens is 2. The molecule has 8 heteroatoms. The minimum absolute atomic E-state index is 0.0944. The summed E-state index contributed by atoms with van der Waals surface area (Å²) < 4.78 is 0. The summed E-state index contributed by atoms with van der Waals surface area (Å²) in [5, 5.41) is 12.1. The Labute approximate surface area is 227 Å². The molecule has 0 radical (unpaired) electrons. The number of aromatic amines is 2. The number of benzene rings is 1. The number of carbonyl (C=O) groups is 1. The summed E-state index contributed by atoms with van der Waals surface area (Å²) in [5.41, 5.74) is 8.14. The summed E-state index contributed by atoms with van der Waals surface area (Å²) >= 11 is 0. The molecule has 5 heterocycles. The third-order valence-corrected chi connectivity index (χ3v) is 8.28. The van der Waals surface area contributed by atoms with Crippen LogP contribution in [0.25, 0.3) is 44.6 Å². The molecule has 1 amide bonds. The van der Waals surface area contributed by atoms with Crippen molar-refractivity contribution in [2.75, 3.05) is 23.3 Å². The van der Waals surface area contributed by atoms with Gasteiger partial charge in [-0.1, -0.05) is 25.3 Å². The van der Waals surface area contributed by atoms with Crippen LogP contribution in [-0.4, -0.2) is 44.1 Å². The van der Waals surface area contributed by atoms with Crippen molar-refractivity contribution in [2.45, 2.75) is 51.4 Å². The molecular formula is C31H33N7O. The fraction of sp³-hybridized carbons (Fsp3) is 0.355. The average molecular weight is 520 g/mol. The second kappa shape index (κ2) is 10.2. The van der Waals surface area contributed by atoms with Crippen molar-refractivity contribution < 1.29 is 4.79 Å². The van der Waals surface area contributed by atoms with E-state index in [1.165, 1.54) is 36.8 Å². The summed E-state index contributed by atoms with van der Waals surface area (Å²) in [6.07, 6.45) is 12.7. The third kappa shape index (κ3) is 4.64. The Hall–Kier alpha value is -4.20. The van der Waals surface area contributed by atoms with Crippen LogP contribution < -0.4 is 10.2 Å². The number of nitrogens with zero attached hydrogens (tertiary/aromatic N) is 4. The first-order valence-corrected chi connectivity index (χ1v) is 14.2. The first kappa shape index (κ1) is 23.9. The van der Waals surface area contributed by atoms with E-state index in [-0.39, 0.29) is 11.8 Å². The molecule has 8 nitrogen and oxygen atoms in total. The van der Waals surface area contributed by atoms with Crippen LogP contribution in [0.1, 0.15) is 51.4 Å². The summed E-state index contributed by atoms with van der Waals surface area (Å²) in [6, 6.07) is 14.6. The molecule has 4 aromatic heterocycles. The van der Waals surface area contributed by atoms with Crippen molar-refractivity contribution in [2.24, 2.45) is 5.92 Å². The van der Waals surface area contributed by atoms with Gasteiger partial charge < -0.3 is 15.2 Å². The predicted octanol–water partition coefficient (Wildman–Crippen LogP) is 6.68. The second-order valence-electron chi connectivity index (χ2n) is 10.9. The highest BCUT2D eigenvalue weighted by molar-refractivity contribution is 5.99. The number of anilines is 2. The van der Waals surface area contributed by atoms with Gasteiger partial charge in [0.15, 0.2) is 0 Å². The van der Waals surface area contributed by atoms with Gasteiger partial charge in [0.05, 0.1) is 28.8 Å². The van der Waals surface area contributed by atoms with Crippen molar-refractivity contribution in [1.82, 2.24) is 25.1 Å². The molecule has 5 aromatic rings. The zero-order valence-corrected chi connectivity index (χ0v) is 22.0. The number of nitrogens with one attached hydrogen (secondary N) is 3. The molecule has 0 bridgehead atoms. The number of pyridine rings is 2. The lowest BCUT2D eigenvalue weighted by Crippen LogP contribution is -2.29. The van der Waals surface area contributed by atoms with E-state index in [2.05, 4.69) is 54.6 Å². The van der Waals surface area contributed by atoms with Crippen molar-refractivity contribution >= 4 is 39.2 Å². The predicted molar refractivity (Wildman–Crippen MR) is 156 cm³/mol. The highest BCUT2D eigenvalue weighted by Gasteiger charge is 2.22. The van der Waals surface area contributed by atoms with Crippen LogP contribution in [0.4, 0.5) is 11.4 Å². The van der Waals surface area contributed by atoms with Crippen molar-refractivity contribution in [3.05, 3.63) is 54.9 Å². The highest BCUT2D eigenvalue weighted by Crippen LogP contribution is 2.35. The Morgan fingerprint density at radius 3 is 2.64 bits per heavy atom. The first-order chi connectivity index (χ1) is 19.2. The molecule has 198 valence electrons. The Morgan fingerprint density at radius 1 is 0.923 bits per heavy atom. The number of piperidine rings is 1. The SMILES string of the molecule is O=C(Nc1cncc(-c2ccc3[nH]nc(-c4cc5c(N6CCCCC6)cccc5[nH]4)c3n2)c1)C1CCCCC1. The first-order valence-electron chi connectivity index (χ1n) is 14.2. The Morgan fingerprint density at radius 2 is 1.77 bits per heavy atom. The normalized spacial score (nSPS) is 16.7. The van der Waals surface area contributed by atoms with Gasteiger partial charge in [-0.25, -0.2) is 4.98 Å². The van der Waals surface area contributed by atoms with Crippen molar-refractivity contribution in [1.29, 1.82) is 0 Å². The van der Waals surface area contributed by atoms with E-state index in [1.54, 1.807) is 12.4 Å². The Bertz CT molecular complexity index is 1640. The van der Waals surface area contributed by atoms with E-state index in [0.29, 0.717) is 5.69 Å². The van der Waals surface area contributed by atoms with Gasteiger partial charge in [0, 0.05) is 47.4 Å². The van der Waals surface area contributed by atoms with Gasteiger partial charge >= 0.3 is 0 Å². The van der Waals surface area contributed by atoms with Gasteiger partial charge in [0.25, 0.3) is 0 Å². The fourth-order valence-electron chi connectivity index (χ4n) is 6.18. The van der Waals surface area contributed by atoms with E-state index in [1.807, 2.05) is 18.2 Å². The number of aromatic nitrogens is 5. The lowest BCUT2D eigenvalue weighted by atomic mass is 9.88. The molecule has 7 rings (SSSR count). The van der Waals surface area contributed by atoms with E-state index in [9.17, 15) is 4.79 Å². The van der Waals surface area contributed by atoms with Crippen LogP contribution in [0.3, 0.4) is 0 Å². The van der Waals surface area contributed by atoms with Gasteiger partial charge in [0.1, 0.15) is 11.2 Å². The smallest absolute Gasteiger partial charge is 0.227 e. The maximum atomic E-state index is 12.8. The largest absolute Gasteiger partial charge is 0.371 e. The monoisotopic (exact) mass is 519 g/mol. The maximum absolute atomic E-state index is 12.8. The zero-order valence-electron chi connectivity index (χ0n) is 22.0. The molecule has 2 fully saturated rings. The lowest BCUT2D eigenvalue weighted by Gasteiger charge is -2.29. The summed E-state index contributed by atoms with van der Waals surface area (Å²) in [6.45, 7) is 2.20. The van der Waals surface area contributed by atoms with Crippen LogP contribution >= 0.6 is 0 Å². The van der Waals surface area contributed by atoms with Gasteiger partial charge in [-0.2, -0.15) is 5.10 Å². The number of amides is 1. The van der Waals surface area contributed by atoms with E-state index >= 15 is 0 Å². The van der Waals surface area contributed by atoms with Crippen molar-refractivity contribution in [3.8, 4) is 22.6 Å². The molecule has 1 saturated carbocycles. The molecule has 3 N–H and O–H groups in total. The molecule has 39 heavy (non-hydrogen) atoms. The molecule has 1 aliphatic heterocycles. The summed E-state index contributed by atoms with van der Waals surface area (Å²) in [7, 11) is 0. The van der Waals surface area contributed by atoms with E-state index < -0.39 is 0 Å². The number of hydrogen-bond donors (Lipinski definition) is 3. The number of hydrogen-bond acceptors (Lipinski definition) is 5. The van der Waals surface area contributed by atoms with E-state index in [4.69, 9.17) is 4.98 Å².